The largest absolute Gasteiger partial charge is 0.379 e. The molecule has 4 amide bonds. The first-order valence-electron chi connectivity index (χ1n) is 11.6. The lowest BCUT2D eigenvalue weighted by molar-refractivity contribution is -0.135. The van der Waals surface area contributed by atoms with Gasteiger partial charge in [0.15, 0.2) is 5.54 Å². The summed E-state index contributed by atoms with van der Waals surface area (Å²) in [5.74, 6) is -0.788. The van der Waals surface area contributed by atoms with Crippen LogP contribution in [0.25, 0.3) is 0 Å². The summed E-state index contributed by atoms with van der Waals surface area (Å²) < 4.78 is 5.41. The van der Waals surface area contributed by atoms with E-state index in [0.717, 1.165) is 23.6 Å². The molecular formula is C26H32N4O4. The van der Waals surface area contributed by atoms with Crippen molar-refractivity contribution in [2.24, 2.45) is 0 Å². The van der Waals surface area contributed by atoms with Gasteiger partial charge in [-0.1, -0.05) is 60.7 Å². The highest BCUT2D eigenvalue weighted by Gasteiger charge is 2.52. The van der Waals surface area contributed by atoms with Gasteiger partial charge in [0, 0.05) is 31.6 Å². The number of hydrogen-bond donors (Lipinski definition) is 2. The second kappa shape index (κ2) is 9.95. The highest BCUT2D eigenvalue weighted by Crippen LogP contribution is 2.33. The van der Waals surface area contributed by atoms with Gasteiger partial charge in [-0.2, -0.15) is 0 Å². The summed E-state index contributed by atoms with van der Waals surface area (Å²) in [5, 5.41) is 5.81. The summed E-state index contributed by atoms with van der Waals surface area (Å²) in [7, 11) is 0. The fraction of sp³-hybridized carbons (Fsp3) is 0.423. The Labute approximate surface area is 200 Å². The Bertz CT molecular complexity index is 1020. The van der Waals surface area contributed by atoms with Crippen molar-refractivity contribution < 1.29 is 19.1 Å². The number of rotatable bonds is 8. The average Bonchev–Trinajstić information content (AvgIpc) is 3.09. The van der Waals surface area contributed by atoms with Crippen molar-refractivity contribution in [2.75, 3.05) is 39.4 Å². The molecule has 2 N–H and O–H groups in total. The maximum Gasteiger partial charge on any atom is 0.325 e. The number of carbonyl (C=O) groups excluding carboxylic acids is 3. The molecule has 0 aromatic heterocycles. The molecule has 2 saturated heterocycles. The molecule has 1 unspecified atom stereocenters. The molecule has 34 heavy (non-hydrogen) atoms. The lowest BCUT2D eigenvalue weighted by Crippen LogP contribution is -2.56. The van der Waals surface area contributed by atoms with Crippen LogP contribution in [0, 0.1) is 0 Å². The van der Waals surface area contributed by atoms with Crippen LogP contribution in [0.1, 0.15) is 25.0 Å². The molecule has 2 aromatic carbocycles. The van der Waals surface area contributed by atoms with E-state index in [4.69, 9.17) is 4.74 Å². The number of morpholine rings is 1. The van der Waals surface area contributed by atoms with E-state index in [0.29, 0.717) is 31.7 Å². The molecule has 8 heteroatoms. The topological polar surface area (TPSA) is 91.0 Å². The first-order valence-corrected chi connectivity index (χ1v) is 11.6. The smallest absolute Gasteiger partial charge is 0.325 e. The average molecular weight is 465 g/mol. The third kappa shape index (κ3) is 4.98. The number of carbonyl (C=O) groups is 3. The minimum absolute atomic E-state index is 0.266. The molecule has 2 aromatic rings. The van der Waals surface area contributed by atoms with E-state index in [1.54, 1.807) is 0 Å². The zero-order chi connectivity index (χ0) is 24.2. The second-order valence-electron chi connectivity index (χ2n) is 9.44. The Morgan fingerprint density at radius 1 is 1.03 bits per heavy atom. The summed E-state index contributed by atoms with van der Waals surface area (Å²) >= 11 is 0. The van der Waals surface area contributed by atoms with E-state index in [1.807, 2.05) is 60.7 Å². The highest BCUT2D eigenvalue weighted by atomic mass is 16.5. The number of amides is 4. The van der Waals surface area contributed by atoms with E-state index in [-0.39, 0.29) is 18.0 Å². The standard InChI is InChI=1S/C26H32N4O4/c1-25(2,29-13-15-34-16-14-29)19-27-22(31)18-30-23(32)26(28-24(30)33,21-11-7-4-8-12-21)17-20-9-5-3-6-10-20/h3-12H,13-19H2,1-2H3,(H,27,31)(H,28,33). The molecule has 0 spiro atoms. The predicted molar refractivity (Wildman–Crippen MR) is 128 cm³/mol. The van der Waals surface area contributed by atoms with Gasteiger partial charge in [-0.05, 0) is 25.0 Å². The van der Waals surface area contributed by atoms with Crippen molar-refractivity contribution in [3.8, 4) is 0 Å². The SMILES string of the molecule is CC(C)(CNC(=O)CN1C(=O)NC(Cc2ccccc2)(c2ccccc2)C1=O)N1CCOCC1. The van der Waals surface area contributed by atoms with E-state index >= 15 is 0 Å². The predicted octanol–water partition coefficient (Wildman–Crippen LogP) is 1.90. The van der Waals surface area contributed by atoms with Crippen LogP contribution in [0.4, 0.5) is 4.79 Å². The van der Waals surface area contributed by atoms with Crippen molar-refractivity contribution in [1.82, 2.24) is 20.4 Å². The first kappa shape index (κ1) is 23.9. The Morgan fingerprint density at radius 3 is 2.29 bits per heavy atom. The summed E-state index contributed by atoms with van der Waals surface area (Å²) in [5.41, 5.74) is 0.0809. The molecule has 2 aliphatic rings. The van der Waals surface area contributed by atoms with Crippen molar-refractivity contribution in [2.45, 2.75) is 31.3 Å². The van der Waals surface area contributed by atoms with Crippen molar-refractivity contribution in [1.29, 1.82) is 0 Å². The molecule has 0 radical (unpaired) electrons. The van der Waals surface area contributed by atoms with Gasteiger partial charge >= 0.3 is 6.03 Å². The molecule has 0 saturated carbocycles. The maximum absolute atomic E-state index is 13.7. The zero-order valence-corrected chi connectivity index (χ0v) is 19.8. The van der Waals surface area contributed by atoms with Crippen molar-refractivity contribution in [3.63, 3.8) is 0 Å². The van der Waals surface area contributed by atoms with E-state index < -0.39 is 17.5 Å². The van der Waals surface area contributed by atoms with Crippen LogP contribution in [0.5, 0.6) is 0 Å². The van der Waals surface area contributed by atoms with Crippen LogP contribution >= 0.6 is 0 Å². The number of nitrogens with zero attached hydrogens (tertiary/aromatic N) is 2. The van der Waals surface area contributed by atoms with Gasteiger partial charge in [0.25, 0.3) is 5.91 Å². The van der Waals surface area contributed by atoms with Gasteiger partial charge in [-0.3, -0.25) is 19.4 Å². The number of urea groups is 1. The number of imide groups is 1. The van der Waals surface area contributed by atoms with Crippen LogP contribution in [0.15, 0.2) is 60.7 Å². The zero-order valence-electron chi connectivity index (χ0n) is 19.8. The van der Waals surface area contributed by atoms with Crippen molar-refractivity contribution >= 4 is 17.8 Å². The molecule has 2 heterocycles. The molecule has 0 aliphatic carbocycles. The fourth-order valence-electron chi connectivity index (χ4n) is 4.61. The number of ether oxygens (including phenoxy) is 1. The van der Waals surface area contributed by atoms with Gasteiger partial charge in [0.1, 0.15) is 6.54 Å². The molecule has 2 fully saturated rings. The monoisotopic (exact) mass is 464 g/mol. The maximum atomic E-state index is 13.7. The Balaban J connectivity index is 1.48. The highest BCUT2D eigenvalue weighted by molar-refractivity contribution is 6.09. The molecule has 1 atom stereocenters. The summed E-state index contributed by atoms with van der Waals surface area (Å²) in [6, 6.07) is 18.2. The molecule has 0 bridgehead atoms. The first-order chi connectivity index (χ1) is 16.3. The second-order valence-corrected chi connectivity index (χ2v) is 9.44. The summed E-state index contributed by atoms with van der Waals surface area (Å²) in [6.07, 6.45) is 0.296. The normalized spacial score (nSPS) is 21.4. The minimum atomic E-state index is -1.26. The summed E-state index contributed by atoms with van der Waals surface area (Å²) in [4.78, 5) is 42.7. The van der Waals surface area contributed by atoms with Gasteiger partial charge < -0.3 is 15.4 Å². The Hall–Kier alpha value is -3.23. The minimum Gasteiger partial charge on any atom is -0.379 e. The summed E-state index contributed by atoms with van der Waals surface area (Å²) in [6.45, 7) is 7.14. The quantitative estimate of drug-likeness (QED) is 0.583. The number of nitrogens with one attached hydrogen (secondary N) is 2. The third-order valence-corrected chi connectivity index (χ3v) is 6.64. The van der Waals surface area contributed by atoms with Crippen LogP contribution in [0.3, 0.4) is 0 Å². The van der Waals surface area contributed by atoms with Gasteiger partial charge in [-0.25, -0.2) is 4.79 Å². The Morgan fingerprint density at radius 2 is 1.65 bits per heavy atom. The van der Waals surface area contributed by atoms with Gasteiger partial charge in [-0.15, -0.1) is 0 Å². The van der Waals surface area contributed by atoms with Gasteiger partial charge in [0.2, 0.25) is 5.91 Å². The fourth-order valence-corrected chi connectivity index (χ4v) is 4.61. The molecule has 4 rings (SSSR count). The lowest BCUT2D eigenvalue weighted by Gasteiger charge is -2.40. The van der Waals surface area contributed by atoms with E-state index in [1.165, 1.54) is 0 Å². The molecule has 180 valence electrons. The van der Waals surface area contributed by atoms with Crippen LogP contribution in [-0.2, 0) is 26.3 Å². The van der Waals surface area contributed by atoms with Crippen molar-refractivity contribution in [3.05, 3.63) is 71.8 Å². The molecule has 2 aliphatic heterocycles. The number of hydrogen-bond acceptors (Lipinski definition) is 5. The Kier molecular flexibility index (Phi) is 7.00. The van der Waals surface area contributed by atoms with Gasteiger partial charge in [0.05, 0.1) is 13.2 Å². The third-order valence-electron chi connectivity index (χ3n) is 6.64. The van der Waals surface area contributed by atoms with Crippen LogP contribution in [-0.4, -0.2) is 72.6 Å². The van der Waals surface area contributed by atoms with Crippen LogP contribution in [0.2, 0.25) is 0 Å². The molecule has 8 nitrogen and oxygen atoms in total. The number of benzene rings is 2. The van der Waals surface area contributed by atoms with Crippen LogP contribution < -0.4 is 10.6 Å². The lowest BCUT2D eigenvalue weighted by atomic mass is 9.83. The van der Waals surface area contributed by atoms with E-state index in [9.17, 15) is 14.4 Å². The van der Waals surface area contributed by atoms with E-state index in [2.05, 4.69) is 29.4 Å². The molecular weight excluding hydrogens is 432 g/mol.